The van der Waals surface area contributed by atoms with Crippen LogP contribution in [0.2, 0.25) is 0 Å². The second-order valence-electron chi connectivity index (χ2n) is 6.07. The lowest BCUT2D eigenvalue weighted by atomic mass is 9.79. The fourth-order valence-electron chi connectivity index (χ4n) is 3.03. The summed E-state index contributed by atoms with van der Waals surface area (Å²) in [6, 6.07) is 0. The smallest absolute Gasteiger partial charge is 0.230 e. The van der Waals surface area contributed by atoms with E-state index in [0.717, 1.165) is 50.6 Å². The van der Waals surface area contributed by atoms with Gasteiger partial charge in [-0.25, -0.2) is 0 Å². The third-order valence-corrected chi connectivity index (χ3v) is 4.97. The van der Waals surface area contributed by atoms with Crippen LogP contribution in [0.5, 0.6) is 0 Å². The molecule has 0 aliphatic carbocycles. The molecule has 1 fully saturated rings. The molecule has 1 heterocycles. The largest absolute Gasteiger partial charge is 0.342 e. The van der Waals surface area contributed by atoms with Crippen LogP contribution in [0.25, 0.3) is 0 Å². The Bertz CT molecular complexity index is 261. The topological polar surface area (TPSA) is 46.3 Å². The molecule has 0 bridgehead atoms. The number of piperidine rings is 1. The van der Waals surface area contributed by atoms with Gasteiger partial charge in [-0.3, -0.25) is 4.79 Å². The van der Waals surface area contributed by atoms with Gasteiger partial charge in [0.15, 0.2) is 0 Å². The second-order valence-corrected chi connectivity index (χ2v) is 6.07. The maximum Gasteiger partial charge on any atom is 0.230 e. The summed E-state index contributed by atoms with van der Waals surface area (Å²) in [7, 11) is 0. The van der Waals surface area contributed by atoms with Crippen LogP contribution in [0, 0.1) is 17.3 Å². The molecular weight excluding hydrogens is 260 g/mol. The molecule has 2 N–H and O–H groups in total. The molecule has 0 aromatic rings. The molecule has 0 aromatic carbocycles. The molecule has 1 aliphatic rings. The number of halogens is 1. The Morgan fingerprint density at radius 3 is 2.05 bits per heavy atom. The SMILES string of the molecule is CCC(CC)(CN)C(=O)N1CCC(C(C)C)CC1.Cl. The number of rotatable bonds is 5. The van der Waals surface area contributed by atoms with Gasteiger partial charge in [0.1, 0.15) is 0 Å². The highest BCUT2D eigenvalue weighted by Crippen LogP contribution is 2.31. The van der Waals surface area contributed by atoms with Gasteiger partial charge in [0, 0.05) is 19.6 Å². The zero-order chi connectivity index (χ0) is 13.8. The Morgan fingerprint density at radius 1 is 1.26 bits per heavy atom. The number of hydrogen-bond donors (Lipinski definition) is 1. The summed E-state index contributed by atoms with van der Waals surface area (Å²) in [6.45, 7) is 11.0. The van der Waals surface area contributed by atoms with Crippen LogP contribution in [0.4, 0.5) is 0 Å². The van der Waals surface area contributed by atoms with Crippen molar-refractivity contribution in [3.05, 3.63) is 0 Å². The lowest BCUT2D eigenvalue weighted by molar-refractivity contribution is -0.143. The highest BCUT2D eigenvalue weighted by atomic mass is 35.5. The maximum atomic E-state index is 12.6. The Morgan fingerprint density at radius 2 is 1.74 bits per heavy atom. The van der Waals surface area contributed by atoms with Crippen molar-refractivity contribution in [2.24, 2.45) is 23.0 Å². The molecule has 0 unspecified atom stereocenters. The molecule has 0 saturated carbocycles. The number of amides is 1. The highest BCUT2D eigenvalue weighted by Gasteiger charge is 2.38. The molecule has 4 heteroatoms. The van der Waals surface area contributed by atoms with E-state index < -0.39 is 0 Å². The van der Waals surface area contributed by atoms with Crippen molar-refractivity contribution in [1.82, 2.24) is 4.90 Å². The molecule has 0 spiro atoms. The second kappa shape index (κ2) is 8.11. The molecule has 19 heavy (non-hydrogen) atoms. The standard InChI is InChI=1S/C15H30N2O.ClH/c1-5-15(6-2,11-16)14(18)17-9-7-13(8-10-17)12(3)4;/h12-13H,5-11,16H2,1-4H3;1H. The van der Waals surface area contributed by atoms with E-state index in [1.165, 1.54) is 0 Å². The van der Waals surface area contributed by atoms with Gasteiger partial charge < -0.3 is 10.6 Å². The molecule has 0 aromatic heterocycles. The van der Waals surface area contributed by atoms with Gasteiger partial charge in [-0.15, -0.1) is 12.4 Å². The van der Waals surface area contributed by atoms with E-state index in [1.54, 1.807) is 0 Å². The first kappa shape index (κ1) is 18.7. The number of carbonyl (C=O) groups is 1. The third kappa shape index (κ3) is 4.09. The fourth-order valence-corrected chi connectivity index (χ4v) is 3.03. The zero-order valence-electron chi connectivity index (χ0n) is 12.9. The van der Waals surface area contributed by atoms with Gasteiger partial charge in [-0.2, -0.15) is 0 Å². The molecule has 1 aliphatic heterocycles. The molecule has 0 atom stereocenters. The van der Waals surface area contributed by atoms with E-state index >= 15 is 0 Å². The molecule has 3 nitrogen and oxygen atoms in total. The third-order valence-electron chi connectivity index (χ3n) is 4.97. The van der Waals surface area contributed by atoms with E-state index in [0.29, 0.717) is 6.54 Å². The van der Waals surface area contributed by atoms with Crippen LogP contribution < -0.4 is 5.73 Å². The van der Waals surface area contributed by atoms with Gasteiger partial charge >= 0.3 is 0 Å². The molecular formula is C15H31ClN2O. The van der Waals surface area contributed by atoms with Gasteiger partial charge in [-0.05, 0) is 37.5 Å². The lowest BCUT2D eigenvalue weighted by Gasteiger charge is -2.40. The number of likely N-dealkylation sites (tertiary alicyclic amines) is 1. The summed E-state index contributed by atoms with van der Waals surface area (Å²) in [5.74, 6) is 1.81. The van der Waals surface area contributed by atoms with Gasteiger partial charge in [0.05, 0.1) is 5.41 Å². The fraction of sp³-hybridized carbons (Fsp3) is 0.933. The Balaban J connectivity index is 0.00000324. The van der Waals surface area contributed by atoms with Crippen LogP contribution in [0.3, 0.4) is 0 Å². The van der Waals surface area contributed by atoms with Crippen molar-refractivity contribution in [3.8, 4) is 0 Å². The predicted octanol–water partition coefficient (Wildman–Crippen LogP) is 3.07. The first-order chi connectivity index (χ1) is 8.50. The Hall–Kier alpha value is -0.280. The van der Waals surface area contributed by atoms with Crippen LogP contribution in [-0.4, -0.2) is 30.4 Å². The van der Waals surface area contributed by atoms with Crippen LogP contribution in [0.1, 0.15) is 53.4 Å². The van der Waals surface area contributed by atoms with E-state index in [9.17, 15) is 4.79 Å². The van der Waals surface area contributed by atoms with Crippen molar-refractivity contribution in [3.63, 3.8) is 0 Å². The minimum absolute atomic E-state index is 0. The van der Waals surface area contributed by atoms with Crippen LogP contribution in [-0.2, 0) is 4.79 Å². The average Bonchev–Trinajstić information content (AvgIpc) is 2.41. The minimum atomic E-state index is -0.315. The number of nitrogens with two attached hydrogens (primary N) is 1. The first-order valence-electron chi connectivity index (χ1n) is 7.50. The van der Waals surface area contributed by atoms with Crippen LogP contribution in [0.15, 0.2) is 0 Å². The van der Waals surface area contributed by atoms with E-state index in [1.807, 2.05) is 0 Å². The summed E-state index contributed by atoms with van der Waals surface area (Å²) in [5.41, 5.74) is 5.55. The summed E-state index contributed by atoms with van der Waals surface area (Å²) in [4.78, 5) is 14.7. The Labute approximate surface area is 124 Å². The summed E-state index contributed by atoms with van der Waals surface area (Å²) < 4.78 is 0. The molecule has 0 radical (unpaired) electrons. The normalized spacial score (nSPS) is 17.5. The van der Waals surface area contributed by atoms with Gasteiger partial charge in [-0.1, -0.05) is 27.7 Å². The van der Waals surface area contributed by atoms with Crippen molar-refractivity contribution < 1.29 is 4.79 Å². The Kier molecular flexibility index (Phi) is 7.99. The van der Waals surface area contributed by atoms with E-state index in [-0.39, 0.29) is 23.7 Å². The zero-order valence-corrected chi connectivity index (χ0v) is 13.8. The summed E-state index contributed by atoms with van der Waals surface area (Å²) >= 11 is 0. The van der Waals surface area contributed by atoms with Crippen molar-refractivity contribution in [1.29, 1.82) is 0 Å². The van der Waals surface area contributed by atoms with Crippen molar-refractivity contribution in [2.75, 3.05) is 19.6 Å². The van der Waals surface area contributed by atoms with Gasteiger partial charge in [0.25, 0.3) is 0 Å². The van der Waals surface area contributed by atoms with E-state index in [2.05, 4.69) is 32.6 Å². The first-order valence-corrected chi connectivity index (χ1v) is 7.50. The molecule has 1 rings (SSSR count). The summed E-state index contributed by atoms with van der Waals surface area (Å²) in [5, 5.41) is 0. The molecule has 114 valence electrons. The number of hydrogen-bond acceptors (Lipinski definition) is 2. The molecule has 1 saturated heterocycles. The predicted molar refractivity (Wildman–Crippen MR) is 83.5 cm³/mol. The number of carbonyl (C=O) groups excluding carboxylic acids is 1. The molecule has 1 amide bonds. The minimum Gasteiger partial charge on any atom is -0.342 e. The maximum absolute atomic E-state index is 12.6. The monoisotopic (exact) mass is 290 g/mol. The van der Waals surface area contributed by atoms with Crippen LogP contribution >= 0.6 is 12.4 Å². The van der Waals surface area contributed by atoms with Gasteiger partial charge in [0.2, 0.25) is 5.91 Å². The van der Waals surface area contributed by atoms with Crippen molar-refractivity contribution in [2.45, 2.75) is 53.4 Å². The highest BCUT2D eigenvalue weighted by molar-refractivity contribution is 5.85. The summed E-state index contributed by atoms with van der Waals surface area (Å²) in [6.07, 6.45) is 4.00. The van der Waals surface area contributed by atoms with Crippen molar-refractivity contribution >= 4 is 18.3 Å². The lowest BCUT2D eigenvalue weighted by Crippen LogP contribution is -2.50. The van der Waals surface area contributed by atoms with E-state index in [4.69, 9.17) is 5.73 Å². The quantitative estimate of drug-likeness (QED) is 0.846. The average molecular weight is 291 g/mol. The number of nitrogens with zero attached hydrogens (tertiary/aromatic N) is 1.